The zero-order chi connectivity index (χ0) is 20.1. The molecule has 6 heteroatoms. The number of carbonyl (C=O) groups is 1. The van der Waals surface area contributed by atoms with Crippen molar-refractivity contribution < 1.29 is 23.4 Å². The zero-order valence-corrected chi connectivity index (χ0v) is 15.2. The molecule has 0 atom stereocenters. The molecule has 3 aromatic rings. The summed E-state index contributed by atoms with van der Waals surface area (Å²) in [6, 6.07) is 16.0. The monoisotopic (exact) mass is 383 g/mol. The maximum atomic E-state index is 13.3. The van der Waals surface area contributed by atoms with Crippen LogP contribution in [-0.2, 0) is 13.2 Å². The van der Waals surface area contributed by atoms with E-state index in [4.69, 9.17) is 9.84 Å². The Morgan fingerprint density at radius 1 is 1.00 bits per heavy atom. The average molecular weight is 383 g/mol. The number of carboxylic acid groups (broad SMARTS) is 1. The van der Waals surface area contributed by atoms with Crippen LogP contribution in [0, 0.1) is 18.6 Å². The van der Waals surface area contributed by atoms with E-state index in [0.717, 1.165) is 28.9 Å². The van der Waals surface area contributed by atoms with E-state index >= 15 is 0 Å². The smallest absolute Gasteiger partial charge is 0.335 e. The van der Waals surface area contributed by atoms with Gasteiger partial charge in [-0.25, -0.2) is 13.6 Å². The number of aryl methyl sites for hydroxylation is 1. The van der Waals surface area contributed by atoms with Crippen molar-refractivity contribution in [3.8, 4) is 5.75 Å². The fourth-order valence-corrected chi connectivity index (χ4v) is 2.74. The van der Waals surface area contributed by atoms with Crippen molar-refractivity contribution in [1.29, 1.82) is 0 Å². The molecule has 0 fully saturated rings. The van der Waals surface area contributed by atoms with E-state index in [0.29, 0.717) is 17.9 Å². The van der Waals surface area contributed by atoms with Gasteiger partial charge >= 0.3 is 5.97 Å². The summed E-state index contributed by atoms with van der Waals surface area (Å²) in [5.74, 6) is -2.10. The molecular formula is C22H19F2NO3. The van der Waals surface area contributed by atoms with Crippen LogP contribution in [0.15, 0.2) is 60.7 Å². The number of anilines is 1. The van der Waals surface area contributed by atoms with Crippen LogP contribution in [0.2, 0.25) is 0 Å². The Bertz CT molecular complexity index is 1000. The first-order valence-electron chi connectivity index (χ1n) is 8.66. The Morgan fingerprint density at radius 2 is 1.79 bits per heavy atom. The van der Waals surface area contributed by atoms with Gasteiger partial charge in [-0.05, 0) is 60.0 Å². The lowest BCUT2D eigenvalue weighted by molar-refractivity contribution is 0.0697. The number of rotatable bonds is 7. The summed E-state index contributed by atoms with van der Waals surface area (Å²) in [4.78, 5) is 11.0. The fraction of sp³-hybridized carbons (Fsp3) is 0.136. The van der Waals surface area contributed by atoms with Gasteiger partial charge in [0, 0.05) is 12.2 Å². The first-order chi connectivity index (χ1) is 13.4. The first-order valence-corrected chi connectivity index (χ1v) is 8.66. The third kappa shape index (κ3) is 4.85. The van der Waals surface area contributed by atoms with E-state index in [9.17, 15) is 13.6 Å². The third-order valence-electron chi connectivity index (χ3n) is 4.22. The van der Waals surface area contributed by atoms with E-state index in [1.165, 1.54) is 12.1 Å². The SMILES string of the molecule is Cc1cc(CNc2cccc(C(=O)O)c2)ccc1OCc1ccc(F)c(F)c1. The molecular weight excluding hydrogens is 364 g/mol. The minimum absolute atomic E-state index is 0.137. The summed E-state index contributed by atoms with van der Waals surface area (Å²) >= 11 is 0. The Morgan fingerprint density at radius 3 is 2.50 bits per heavy atom. The predicted octanol–water partition coefficient (Wildman–Crippen LogP) is 5.16. The molecule has 3 aromatic carbocycles. The lowest BCUT2D eigenvalue weighted by atomic mass is 10.1. The number of hydrogen-bond donors (Lipinski definition) is 2. The number of ether oxygens (including phenoxy) is 1. The molecule has 0 saturated heterocycles. The first kappa shape index (κ1) is 19.4. The summed E-state index contributed by atoms with van der Waals surface area (Å²) in [5.41, 5.74) is 3.39. The van der Waals surface area contributed by atoms with E-state index in [1.807, 2.05) is 25.1 Å². The van der Waals surface area contributed by atoms with Crippen LogP contribution in [-0.4, -0.2) is 11.1 Å². The second-order valence-corrected chi connectivity index (χ2v) is 6.38. The molecule has 28 heavy (non-hydrogen) atoms. The molecule has 0 spiro atoms. The van der Waals surface area contributed by atoms with Crippen molar-refractivity contribution >= 4 is 11.7 Å². The second-order valence-electron chi connectivity index (χ2n) is 6.38. The lowest BCUT2D eigenvalue weighted by Gasteiger charge is -2.12. The van der Waals surface area contributed by atoms with Crippen LogP contribution in [0.4, 0.5) is 14.5 Å². The highest BCUT2D eigenvalue weighted by atomic mass is 19.2. The molecule has 0 unspecified atom stereocenters. The van der Waals surface area contributed by atoms with Crippen molar-refractivity contribution in [2.24, 2.45) is 0 Å². The molecule has 0 aliphatic rings. The third-order valence-corrected chi connectivity index (χ3v) is 4.22. The van der Waals surface area contributed by atoms with E-state index in [2.05, 4.69) is 5.32 Å². The number of nitrogens with one attached hydrogen (secondary N) is 1. The molecule has 144 valence electrons. The predicted molar refractivity (Wildman–Crippen MR) is 103 cm³/mol. The van der Waals surface area contributed by atoms with Crippen LogP contribution in [0.25, 0.3) is 0 Å². The Balaban J connectivity index is 1.61. The van der Waals surface area contributed by atoms with Crippen molar-refractivity contribution in [2.75, 3.05) is 5.32 Å². The maximum absolute atomic E-state index is 13.3. The number of halogens is 2. The summed E-state index contributed by atoms with van der Waals surface area (Å²) in [5, 5.41) is 12.2. The lowest BCUT2D eigenvalue weighted by Crippen LogP contribution is -2.03. The second kappa shape index (κ2) is 8.52. The number of hydrogen-bond acceptors (Lipinski definition) is 3. The normalized spacial score (nSPS) is 10.5. The molecule has 2 N–H and O–H groups in total. The van der Waals surface area contributed by atoms with Crippen molar-refractivity contribution in [2.45, 2.75) is 20.1 Å². The minimum Gasteiger partial charge on any atom is -0.489 e. The van der Waals surface area contributed by atoms with E-state index in [-0.39, 0.29) is 12.2 Å². The highest BCUT2D eigenvalue weighted by Gasteiger charge is 2.06. The van der Waals surface area contributed by atoms with Gasteiger partial charge in [0.15, 0.2) is 11.6 Å². The number of carboxylic acids is 1. The minimum atomic E-state index is -0.970. The van der Waals surface area contributed by atoms with E-state index in [1.54, 1.807) is 18.2 Å². The topological polar surface area (TPSA) is 58.6 Å². The van der Waals surface area contributed by atoms with Crippen molar-refractivity contribution in [1.82, 2.24) is 0 Å². The average Bonchev–Trinajstić information content (AvgIpc) is 2.68. The van der Waals surface area contributed by atoms with Gasteiger partial charge in [-0.3, -0.25) is 0 Å². The highest BCUT2D eigenvalue weighted by molar-refractivity contribution is 5.88. The number of aromatic carboxylic acids is 1. The van der Waals surface area contributed by atoms with Crippen molar-refractivity contribution in [3.63, 3.8) is 0 Å². The quantitative estimate of drug-likeness (QED) is 0.592. The molecule has 4 nitrogen and oxygen atoms in total. The van der Waals surface area contributed by atoms with Gasteiger partial charge in [-0.15, -0.1) is 0 Å². The van der Waals surface area contributed by atoms with Gasteiger partial charge in [0.25, 0.3) is 0 Å². The molecule has 0 aromatic heterocycles. The molecule has 0 amide bonds. The Labute approximate surface area is 161 Å². The Kier molecular flexibility index (Phi) is 5.89. The van der Waals surface area contributed by atoms with Gasteiger partial charge in [-0.2, -0.15) is 0 Å². The van der Waals surface area contributed by atoms with Crippen molar-refractivity contribution in [3.05, 3.63) is 94.6 Å². The summed E-state index contributed by atoms with van der Waals surface area (Å²) in [6.45, 7) is 2.56. The van der Waals surface area contributed by atoms with E-state index < -0.39 is 17.6 Å². The molecule has 0 radical (unpaired) electrons. The fourth-order valence-electron chi connectivity index (χ4n) is 2.74. The summed E-state index contributed by atoms with van der Waals surface area (Å²) < 4.78 is 31.9. The summed E-state index contributed by atoms with van der Waals surface area (Å²) in [7, 11) is 0. The molecule has 3 rings (SSSR count). The van der Waals surface area contributed by atoms with Crippen LogP contribution >= 0.6 is 0 Å². The zero-order valence-electron chi connectivity index (χ0n) is 15.2. The van der Waals surface area contributed by atoms with Gasteiger partial charge in [-0.1, -0.05) is 24.3 Å². The van der Waals surface area contributed by atoms with Crippen LogP contribution < -0.4 is 10.1 Å². The van der Waals surface area contributed by atoms with Crippen LogP contribution in [0.1, 0.15) is 27.0 Å². The molecule has 0 saturated carbocycles. The maximum Gasteiger partial charge on any atom is 0.335 e. The molecule has 0 bridgehead atoms. The molecule has 0 aliphatic heterocycles. The van der Waals surface area contributed by atoms with Gasteiger partial charge in [0.2, 0.25) is 0 Å². The van der Waals surface area contributed by atoms with Gasteiger partial charge in [0.05, 0.1) is 5.56 Å². The summed E-state index contributed by atoms with van der Waals surface area (Å²) in [6.07, 6.45) is 0. The molecule has 0 heterocycles. The standard InChI is InChI=1S/C22H19F2NO3/c1-14-9-15(12-25-18-4-2-3-17(11-18)22(26)27)6-8-21(14)28-13-16-5-7-19(23)20(24)10-16/h2-11,25H,12-13H2,1H3,(H,26,27). The highest BCUT2D eigenvalue weighted by Crippen LogP contribution is 2.22. The number of benzene rings is 3. The van der Waals surface area contributed by atoms with Crippen LogP contribution in [0.5, 0.6) is 5.75 Å². The van der Waals surface area contributed by atoms with Crippen LogP contribution in [0.3, 0.4) is 0 Å². The molecule has 0 aliphatic carbocycles. The largest absolute Gasteiger partial charge is 0.489 e. The Hall–Kier alpha value is -3.41. The van der Waals surface area contributed by atoms with Gasteiger partial charge < -0.3 is 15.2 Å². The van der Waals surface area contributed by atoms with Gasteiger partial charge in [0.1, 0.15) is 12.4 Å².